The fraction of sp³-hybridized carbons (Fsp3) is 0.111. The minimum absolute atomic E-state index is 0.202. The zero-order valence-electron chi connectivity index (χ0n) is 8.05. The van der Waals surface area contributed by atoms with E-state index in [2.05, 4.69) is 25.2 Å². The molecule has 0 saturated heterocycles. The number of hydrogen-bond acceptors (Lipinski definition) is 5. The highest BCUT2D eigenvalue weighted by molar-refractivity contribution is 6.29. The van der Waals surface area contributed by atoms with Gasteiger partial charge in [0.2, 0.25) is 0 Å². The molecule has 82 valence electrons. The van der Waals surface area contributed by atoms with Gasteiger partial charge in [-0.2, -0.15) is 0 Å². The van der Waals surface area contributed by atoms with Crippen LogP contribution in [-0.4, -0.2) is 21.3 Å². The first-order valence-corrected chi connectivity index (χ1v) is 4.80. The minimum Gasteiger partial charge on any atom is -0.364 e. The molecule has 2 heterocycles. The molecular weight excluding hydrogens is 232 g/mol. The molecule has 0 radical (unpaired) electrons. The summed E-state index contributed by atoms with van der Waals surface area (Å²) in [5, 5.41) is 13.7. The third-order valence-electron chi connectivity index (χ3n) is 1.79. The van der Waals surface area contributed by atoms with E-state index in [-0.39, 0.29) is 23.3 Å². The maximum Gasteiger partial charge on any atom is 0.272 e. The Morgan fingerprint density at radius 3 is 2.88 bits per heavy atom. The Hall–Kier alpha value is -1.95. The normalized spacial score (nSPS) is 10.1. The number of halogens is 1. The van der Waals surface area contributed by atoms with Crippen molar-refractivity contribution in [1.29, 1.82) is 0 Å². The van der Waals surface area contributed by atoms with E-state index < -0.39 is 0 Å². The van der Waals surface area contributed by atoms with Gasteiger partial charge in [0.05, 0.1) is 6.54 Å². The van der Waals surface area contributed by atoms with Gasteiger partial charge in [-0.3, -0.25) is 4.79 Å². The molecule has 0 aliphatic carbocycles. The summed E-state index contributed by atoms with van der Waals surface area (Å²) < 4.78 is 4.62. The summed E-state index contributed by atoms with van der Waals surface area (Å²) in [6, 6.07) is 4.65. The highest BCUT2D eigenvalue weighted by Gasteiger charge is 2.08. The second-order valence-electron chi connectivity index (χ2n) is 2.91. The van der Waals surface area contributed by atoms with E-state index in [1.807, 2.05) is 0 Å². The lowest BCUT2D eigenvalue weighted by molar-refractivity contribution is 0.0944. The smallest absolute Gasteiger partial charge is 0.272 e. The van der Waals surface area contributed by atoms with Crippen LogP contribution in [0.15, 0.2) is 29.0 Å². The van der Waals surface area contributed by atoms with Gasteiger partial charge < -0.3 is 9.84 Å². The Balaban J connectivity index is 1.95. The van der Waals surface area contributed by atoms with Crippen LogP contribution >= 0.6 is 11.6 Å². The molecular formula is C9H7ClN4O2. The summed E-state index contributed by atoms with van der Waals surface area (Å²) in [6.07, 6.45) is 1.43. The second kappa shape index (κ2) is 4.71. The average molecular weight is 239 g/mol. The van der Waals surface area contributed by atoms with Crippen LogP contribution in [0.25, 0.3) is 0 Å². The molecule has 2 rings (SSSR count). The first-order valence-electron chi connectivity index (χ1n) is 4.42. The number of nitrogens with one attached hydrogen (secondary N) is 1. The molecule has 0 fully saturated rings. The SMILES string of the molecule is O=C(NCc1ccon1)c1ccc(Cl)nn1. The summed E-state index contributed by atoms with van der Waals surface area (Å²) in [4.78, 5) is 11.5. The number of carbonyl (C=O) groups excluding carboxylic acids is 1. The molecule has 0 spiro atoms. The van der Waals surface area contributed by atoms with Crippen LogP contribution in [0, 0.1) is 0 Å². The third-order valence-corrected chi connectivity index (χ3v) is 1.99. The van der Waals surface area contributed by atoms with Crippen LogP contribution in [0.3, 0.4) is 0 Å². The van der Waals surface area contributed by atoms with Gasteiger partial charge in [-0.1, -0.05) is 16.8 Å². The molecule has 0 aromatic carbocycles. The van der Waals surface area contributed by atoms with Crippen LogP contribution in [-0.2, 0) is 6.54 Å². The number of aromatic nitrogens is 3. The molecule has 1 N–H and O–H groups in total. The molecule has 7 heteroatoms. The topological polar surface area (TPSA) is 80.9 Å². The highest BCUT2D eigenvalue weighted by Crippen LogP contribution is 2.02. The number of amides is 1. The monoisotopic (exact) mass is 238 g/mol. The first kappa shape index (κ1) is 10.6. The lowest BCUT2D eigenvalue weighted by Crippen LogP contribution is -2.24. The van der Waals surface area contributed by atoms with Crippen molar-refractivity contribution in [2.24, 2.45) is 0 Å². The van der Waals surface area contributed by atoms with Gasteiger partial charge in [0, 0.05) is 6.07 Å². The van der Waals surface area contributed by atoms with Crippen LogP contribution in [0.1, 0.15) is 16.2 Å². The van der Waals surface area contributed by atoms with Gasteiger partial charge in [0.25, 0.3) is 5.91 Å². The van der Waals surface area contributed by atoms with E-state index in [1.54, 1.807) is 6.07 Å². The number of rotatable bonds is 3. The average Bonchev–Trinajstić information content (AvgIpc) is 2.80. The largest absolute Gasteiger partial charge is 0.364 e. The molecule has 0 aliphatic rings. The fourth-order valence-electron chi connectivity index (χ4n) is 1.03. The summed E-state index contributed by atoms with van der Waals surface area (Å²) in [7, 11) is 0. The number of carbonyl (C=O) groups is 1. The van der Waals surface area contributed by atoms with Crippen LogP contribution in [0.2, 0.25) is 5.15 Å². The van der Waals surface area contributed by atoms with E-state index in [0.717, 1.165) is 0 Å². The van der Waals surface area contributed by atoms with Crippen molar-refractivity contribution >= 4 is 17.5 Å². The summed E-state index contributed by atoms with van der Waals surface area (Å²) in [6.45, 7) is 0.277. The molecule has 0 bridgehead atoms. The summed E-state index contributed by atoms with van der Waals surface area (Å²) >= 11 is 5.55. The van der Waals surface area contributed by atoms with E-state index in [4.69, 9.17) is 11.6 Å². The Bertz CT molecular complexity index is 469. The third kappa shape index (κ3) is 2.54. The van der Waals surface area contributed by atoms with E-state index in [1.165, 1.54) is 18.4 Å². The lowest BCUT2D eigenvalue weighted by Gasteiger charge is -2.00. The molecule has 0 saturated carbocycles. The molecule has 16 heavy (non-hydrogen) atoms. The lowest BCUT2D eigenvalue weighted by atomic mass is 10.3. The van der Waals surface area contributed by atoms with Gasteiger partial charge in [-0.25, -0.2) is 0 Å². The van der Waals surface area contributed by atoms with Gasteiger partial charge in [0.1, 0.15) is 12.0 Å². The van der Waals surface area contributed by atoms with Gasteiger partial charge in [-0.15, -0.1) is 10.2 Å². The first-order chi connectivity index (χ1) is 7.75. The van der Waals surface area contributed by atoms with Crippen molar-refractivity contribution in [3.63, 3.8) is 0 Å². The molecule has 0 atom stereocenters. The van der Waals surface area contributed by atoms with E-state index in [0.29, 0.717) is 5.69 Å². The van der Waals surface area contributed by atoms with Crippen molar-refractivity contribution in [3.8, 4) is 0 Å². The summed E-state index contributed by atoms with van der Waals surface area (Å²) in [5.41, 5.74) is 0.836. The molecule has 2 aromatic rings. The Kier molecular flexibility index (Phi) is 3.11. The van der Waals surface area contributed by atoms with E-state index >= 15 is 0 Å². The quantitative estimate of drug-likeness (QED) is 0.864. The Morgan fingerprint density at radius 1 is 1.38 bits per heavy atom. The van der Waals surface area contributed by atoms with Gasteiger partial charge in [0.15, 0.2) is 10.8 Å². The van der Waals surface area contributed by atoms with Crippen molar-refractivity contribution in [3.05, 3.63) is 41.0 Å². The zero-order chi connectivity index (χ0) is 11.4. The van der Waals surface area contributed by atoms with Gasteiger partial charge >= 0.3 is 0 Å². The number of hydrogen-bond donors (Lipinski definition) is 1. The number of nitrogens with zero attached hydrogens (tertiary/aromatic N) is 3. The van der Waals surface area contributed by atoms with Crippen molar-refractivity contribution < 1.29 is 9.32 Å². The van der Waals surface area contributed by atoms with E-state index in [9.17, 15) is 4.79 Å². The minimum atomic E-state index is -0.341. The molecule has 6 nitrogen and oxygen atoms in total. The maximum absolute atomic E-state index is 11.5. The molecule has 1 amide bonds. The standard InChI is InChI=1S/C9H7ClN4O2/c10-8-2-1-7(12-13-8)9(15)11-5-6-3-4-16-14-6/h1-4H,5H2,(H,11,15). The van der Waals surface area contributed by atoms with Crippen LogP contribution < -0.4 is 5.32 Å². The predicted molar refractivity (Wildman–Crippen MR) is 54.7 cm³/mol. The Morgan fingerprint density at radius 2 is 2.25 bits per heavy atom. The zero-order valence-corrected chi connectivity index (χ0v) is 8.81. The maximum atomic E-state index is 11.5. The van der Waals surface area contributed by atoms with Crippen LogP contribution in [0.5, 0.6) is 0 Å². The molecule has 0 aliphatic heterocycles. The van der Waals surface area contributed by atoms with Gasteiger partial charge in [-0.05, 0) is 12.1 Å². The van der Waals surface area contributed by atoms with Crippen molar-refractivity contribution in [2.75, 3.05) is 0 Å². The second-order valence-corrected chi connectivity index (χ2v) is 3.30. The fourth-order valence-corrected chi connectivity index (χ4v) is 1.13. The van der Waals surface area contributed by atoms with Crippen LogP contribution in [0.4, 0.5) is 0 Å². The van der Waals surface area contributed by atoms with Crippen molar-refractivity contribution in [1.82, 2.24) is 20.7 Å². The summed E-state index contributed by atoms with van der Waals surface area (Å²) in [5.74, 6) is -0.341. The highest BCUT2D eigenvalue weighted by atomic mass is 35.5. The van der Waals surface area contributed by atoms with Crippen molar-refractivity contribution in [2.45, 2.75) is 6.54 Å². The predicted octanol–water partition coefficient (Wildman–Crippen LogP) is 1.05. The Labute approximate surface area is 95.6 Å². The molecule has 2 aromatic heterocycles. The molecule has 0 unspecified atom stereocenters.